The molecule has 1 N–H and O–H groups in total. The lowest BCUT2D eigenvalue weighted by Gasteiger charge is -2.17. The highest BCUT2D eigenvalue weighted by Crippen LogP contribution is 2.36. The summed E-state index contributed by atoms with van der Waals surface area (Å²) in [6, 6.07) is 1.07. The van der Waals surface area contributed by atoms with Crippen molar-refractivity contribution in [2.45, 2.75) is 32.5 Å². The molecule has 112 valence electrons. The Morgan fingerprint density at radius 2 is 2.15 bits per heavy atom. The van der Waals surface area contributed by atoms with Crippen LogP contribution in [0.5, 0.6) is 5.75 Å². The summed E-state index contributed by atoms with van der Waals surface area (Å²) in [6.45, 7) is 2.72. The Morgan fingerprint density at radius 3 is 2.60 bits per heavy atom. The molecule has 0 fully saturated rings. The van der Waals surface area contributed by atoms with Crippen LogP contribution in [-0.4, -0.2) is 28.7 Å². The van der Waals surface area contributed by atoms with E-state index in [4.69, 9.17) is 21.4 Å². The third-order valence-corrected chi connectivity index (χ3v) is 2.68. The third kappa shape index (κ3) is 4.08. The summed E-state index contributed by atoms with van der Waals surface area (Å²) in [6.07, 6.45) is -7.23. The lowest BCUT2D eigenvalue weighted by molar-refractivity contribution is -0.208. The predicted octanol–water partition coefficient (Wildman–Crippen LogP) is 2.86. The van der Waals surface area contributed by atoms with Gasteiger partial charge in [-0.15, -0.1) is 0 Å². The number of ether oxygens (including phenoxy) is 1. The van der Waals surface area contributed by atoms with E-state index >= 15 is 0 Å². The molecule has 1 rings (SSSR count). The summed E-state index contributed by atoms with van der Waals surface area (Å²) in [5.74, 6) is -0.204. The Labute approximate surface area is 118 Å². The smallest absolute Gasteiger partial charge is 0.420 e. The van der Waals surface area contributed by atoms with E-state index in [1.807, 2.05) is 0 Å². The number of hydrogen-bond donors (Lipinski definition) is 1. The molecule has 4 nitrogen and oxygen atoms in total. The van der Waals surface area contributed by atoms with E-state index in [0.717, 1.165) is 6.07 Å². The van der Waals surface area contributed by atoms with Gasteiger partial charge in [-0.05, 0) is 25.0 Å². The molecule has 1 unspecified atom stereocenters. The monoisotopic (exact) mass is 311 g/mol. The van der Waals surface area contributed by atoms with E-state index in [0.29, 0.717) is 12.0 Å². The Bertz CT molecular complexity index is 505. The minimum Gasteiger partial charge on any atom is -0.482 e. The van der Waals surface area contributed by atoms with Gasteiger partial charge in [0.25, 0.3) is 0 Å². The molecular formula is C12H13ClF3NO3. The highest BCUT2D eigenvalue weighted by molar-refractivity contribution is 6.31. The van der Waals surface area contributed by atoms with Crippen LogP contribution in [0.25, 0.3) is 0 Å². The number of alkyl halides is 3. The Morgan fingerprint density at radius 1 is 1.55 bits per heavy atom. The minimum absolute atomic E-state index is 0.0579. The number of aryl methyl sites for hydroxylation is 1. The zero-order valence-corrected chi connectivity index (χ0v) is 11.5. The number of pyridine rings is 1. The van der Waals surface area contributed by atoms with Crippen molar-refractivity contribution in [2.75, 3.05) is 6.61 Å². The van der Waals surface area contributed by atoms with Crippen molar-refractivity contribution in [2.24, 2.45) is 0 Å². The van der Waals surface area contributed by atoms with Crippen molar-refractivity contribution in [1.82, 2.24) is 4.98 Å². The molecule has 0 radical (unpaired) electrons. The maximum absolute atomic E-state index is 12.4. The molecule has 0 aliphatic rings. The van der Waals surface area contributed by atoms with E-state index < -0.39 is 18.0 Å². The largest absolute Gasteiger partial charge is 0.482 e. The van der Waals surface area contributed by atoms with Gasteiger partial charge in [0.1, 0.15) is 6.61 Å². The molecule has 1 atom stereocenters. The normalized spacial score (nSPS) is 13.2. The zero-order valence-electron chi connectivity index (χ0n) is 10.8. The van der Waals surface area contributed by atoms with Crippen LogP contribution in [-0.2, 0) is 11.2 Å². The number of ketones is 1. The topological polar surface area (TPSA) is 59.4 Å². The van der Waals surface area contributed by atoms with Crippen LogP contribution in [0.15, 0.2) is 6.07 Å². The quantitative estimate of drug-likeness (QED) is 0.850. The van der Waals surface area contributed by atoms with Crippen molar-refractivity contribution in [1.29, 1.82) is 0 Å². The molecule has 8 heteroatoms. The number of aliphatic hydroxyl groups is 1. The molecule has 0 aliphatic carbocycles. The van der Waals surface area contributed by atoms with Crippen molar-refractivity contribution < 1.29 is 27.8 Å². The first-order chi connectivity index (χ1) is 9.16. The van der Waals surface area contributed by atoms with E-state index in [2.05, 4.69) is 4.98 Å². The minimum atomic E-state index is -4.83. The number of aromatic nitrogens is 1. The molecular weight excluding hydrogens is 299 g/mol. The molecule has 1 aromatic rings. The lowest BCUT2D eigenvalue weighted by atomic mass is 10.1. The molecule has 1 aromatic heterocycles. The second-order valence-corrected chi connectivity index (χ2v) is 4.47. The summed E-state index contributed by atoms with van der Waals surface area (Å²) in [4.78, 5) is 14.3. The molecule has 0 bridgehead atoms. The molecule has 0 spiro atoms. The van der Waals surface area contributed by atoms with Gasteiger partial charge in [0.2, 0.25) is 0 Å². The van der Waals surface area contributed by atoms with Crippen molar-refractivity contribution in [3.05, 3.63) is 22.5 Å². The SMILES string of the molecule is CCc1cc(C(O)C(F)(F)F)nc(Cl)c1OCC(C)=O. The summed E-state index contributed by atoms with van der Waals surface area (Å²) in [5.41, 5.74) is -0.265. The summed E-state index contributed by atoms with van der Waals surface area (Å²) in [7, 11) is 0. The van der Waals surface area contributed by atoms with Crippen molar-refractivity contribution in [3.8, 4) is 5.75 Å². The Hall–Kier alpha value is -1.34. The molecule has 20 heavy (non-hydrogen) atoms. The zero-order chi connectivity index (χ0) is 15.5. The third-order valence-electron chi connectivity index (χ3n) is 2.42. The van der Waals surface area contributed by atoms with Gasteiger partial charge in [-0.25, -0.2) is 4.98 Å². The van der Waals surface area contributed by atoms with E-state index in [9.17, 15) is 18.0 Å². The summed E-state index contributed by atoms with van der Waals surface area (Å²) in [5, 5.41) is 8.85. The standard InChI is InChI=1S/C12H13ClF3NO3/c1-3-7-4-8(10(19)12(14,15)16)17-11(13)9(7)20-5-6(2)18/h4,10,19H,3,5H2,1-2H3. The van der Waals surface area contributed by atoms with Crippen LogP contribution in [0.2, 0.25) is 5.15 Å². The van der Waals surface area contributed by atoms with Gasteiger partial charge in [-0.1, -0.05) is 18.5 Å². The molecule has 1 heterocycles. The second kappa shape index (κ2) is 6.41. The van der Waals surface area contributed by atoms with Crippen LogP contribution >= 0.6 is 11.6 Å². The molecule has 0 aliphatic heterocycles. The molecule has 0 amide bonds. The fourth-order valence-corrected chi connectivity index (χ4v) is 1.74. The van der Waals surface area contributed by atoms with Gasteiger partial charge < -0.3 is 9.84 Å². The Kier molecular flexibility index (Phi) is 5.35. The fraction of sp³-hybridized carbons (Fsp3) is 0.500. The average molecular weight is 312 g/mol. The van der Waals surface area contributed by atoms with E-state index in [1.165, 1.54) is 6.92 Å². The maximum Gasteiger partial charge on any atom is 0.420 e. The lowest BCUT2D eigenvalue weighted by Crippen LogP contribution is -2.22. The predicted molar refractivity (Wildman–Crippen MR) is 65.8 cm³/mol. The maximum atomic E-state index is 12.4. The number of carbonyl (C=O) groups is 1. The van der Waals surface area contributed by atoms with Gasteiger partial charge in [0.05, 0.1) is 5.69 Å². The van der Waals surface area contributed by atoms with Crippen molar-refractivity contribution >= 4 is 17.4 Å². The Balaban J connectivity index is 3.16. The summed E-state index contributed by atoms with van der Waals surface area (Å²) < 4.78 is 42.5. The van der Waals surface area contributed by atoms with Gasteiger partial charge >= 0.3 is 6.18 Å². The van der Waals surface area contributed by atoms with Crippen molar-refractivity contribution in [3.63, 3.8) is 0 Å². The highest BCUT2D eigenvalue weighted by Gasteiger charge is 2.41. The molecule has 0 saturated carbocycles. The summed E-state index contributed by atoms with van der Waals surface area (Å²) >= 11 is 5.77. The number of carbonyl (C=O) groups excluding carboxylic acids is 1. The average Bonchev–Trinajstić information content (AvgIpc) is 2.34. The van der Waals surface area contributed by atoms with Gasteiger partial charge in [0, 0.05) is 0 Å². The van der Waals surface area contributed by atoms with Gasteiger partial charge in [-0.3, -0.25) is 4.79 Å². The number of hydrogen-bond acceptors (Lipinski definition) is 4. The van der Waals surface area contributed by atoms with Crippen LogP contribution in [0.4, 0.5) is 13.2 Å². The number of nitrogens with zero attached hydrogens (tertiary/aromatic N) is 1. The van der Waals surface area contributed by atoms with Crippen LogP contribution in [0.3, 0.4) is 0 Å². The van der Waals surface area contributed by atoms with Crippen LogP contribution in [0, 0.1) is 0 Å². The first-order valence-electron chi connectivity index (χ1n) is 5.73. The number of Topliss-reactive ketones (excluding diaryl/α,β-unsaturated/α-hetero) is 1. The van der Waals surface area contributed by atoms with E-state index in [-0.39, 0.29) is 23.3 Å². The number of rotatable bonds is 5. The van der Waals surface area contributed by atoms with Crippen LogP contribution in [0.1, 0.15) is 31.2 Å². The molecule has 0 saturated heterocycles. The van der Waals surface area contributed by atoms with Crippen LogP contribution < -0.4 is 4.74 Å². The fourth-order valence-electron chi connectivity index (χ4n) is 1.47. The van der Waals surface area contributed by atoms with Gasteiger partial charge in [0.15, 0.2) is 22.8 Å². The number of halogens is 4. The van der Waals surface area contributed by atoms with Gasteiger partial charge in [-0.2, -0.15) is 13.2 Å². The number of aliphatic hydroxyl groups excluding tert-OH is 1. The second-order valence-electron chi connectivity index (χ2n) is 4.11. The highest BCUT2D eigenvalue weighted by atomic mass is 35.5. The molecule has 0 aromatic carbocycles. The first-order valence-corrected chi connectivity index (χ1v) is 6.11. The van der Waals surface area contributed by atoms with E-state index in [1.54, 1.807) is 6.92 Å². The first kappa shape index (κ1) is 16.7.